The molecule has 0 unspecified atom stereocenters. The molecule has 0 fully saturated rings. The summed E-state index contributed by atoms with van der Waals surface area (Å²) in [5, 5.41) is 5.99. The number of nitrogens with zero attached hydrogens (tertiary/aromatic N) is 6. The average Bonchev–Trinajstić information content (AvgIpc) is 3.67. The van der Waals surface area contributed by atoms with Crippen LogP contribution in [0.3, 0.4) is 0 Å². The maximum absolute atomic E-state index is 5.14. The molecule has 0 aliphatic heterocycles. The van der Waals surface area contributed by atoms with Gasteiger partial charge in [0.1, 0.15) is 5.52 Å². The fourth-order valence-corrected chi connectivity index (χ4v) is 6.75. The van der Waals surface area contributed by atoms with Crippen molar-refractivity contribution in [3.05, 3.63) is 122 Å². The Balaban J connectivity index is 1.33. The van der Waals surface area contributed by atoms with E-state index in [1.165, 1.54) is 27.1 Å². The van der Waals surface area contributed by atoms with Crippen molar-refractivity contribution in [3.63, 3.8) is 0 Å². The zero-order valence-corrected chi connectivity index (χ0v) is 22.2. The second kappa shape index (κ2) is 7.86. The summed E-state index contributed by atoms with van der Waals surface area (Å²) in [5.41, 5.74) is 11.1. The predicted molar refractivity (Wildman–Crippen MR) is 170 cm³/mol. The molecule has 42 heavy (non-hydrogen) atoms. The van der Waals surface area contributed by atoms with Crippen LogP contribution in [0, 0.1) is 0 Å². The van der Waals surface area contributed by atoms with Crippen LogP contribution in [0.2, 0.25) is 0 Å². The van der Waals surface area contributed by atoms with Crippen LogP contribution in [0.25, 0.3) is 88.1 Å². The number of pyridine rings is 2. The average molecular weight is 537 g/mol. The first kappa shape index (κ1) is 21.9. The summed E-state index contributed by atoms with van der Waals surface area (Å²) in [4.78, 5) is 19.3. The molecule has 0 amide bonds. The van der Waals surface area contributed by atoms with Crippen molar-refractivity contribution >= 4 is 71.2 Å². The lowest BCUT2D eigenvalue weighted by atomic mass is 10.1. The monoisotopic (exact) mass is 536 g/mol. The van der Waals surface area contributed by atoms with Crippen molar-refractivity contribution in [2.24, 2.45) is 0 Å². The molecule has 194 valence electrons. The van der Waals surface area contributed by atoms with Crippen LogP contribution >= 0.6 is 0 Å². The summed E-state index contributed by atoms with van der Waals surface area (Å²) in [7, 11) is 0. The van der Waals surface area contributed by atoms with Gasteiger partial charge in [-0.2, -0.15) is 0 Å². The summed E-state index contributed by atoms with van der Waals surface area (Å²) in [6, 6.07) is 36.1. The minimum Gasteiger partial charge on any atom is -0.308 e. The Hall–Kier alpha value is -5.88. The van der Waals surface area contributed by atoms with Crippen molar-refractivity contribution in [3.8, 4) is 16.9 Å². The number of fused-ring (bicyclic) bond motifs is 10. The lowest BCUT2D eigenvalue weighted by Gasteiger charge is -2.09. The first-order valence-electron chi connectivity index (χ1n) is 14.0. The van der Waals surface area contributed by atoms with Crippen LogP contribution < -0.4 is 0 Å². The highest BCUT2D eigenvalue weighted by Gasteiger charge is 2.22. The molecular formula is C36H20N6. The highest BCUT2D eigenvalue weighted by molar-refractivity contribution is 6.25. The van der Waals surface area contributed by atoms with Gasteiger partial charge in [0, 0.05) is 44.9 Å². The van der Waals surface area contributed by atoms with Crippen LogP contribution in [0.1, 0.15) is 0 Å². The van der Waals surface area contributed by atoms with Gasteiger partial charge in [-0.3, -0.25) is 14.4 Å². The van der Waals surface area contributed by atoms with Crippen LogP contribution in [0.4, 0.5) is 0 Å². The Bertz CT molecular complexity index is 2670. The Morgan fingerprint density at radius 3 is 2.21 bits per heavy atom. The molecule has 6 nitrogen and oxygen atoms in total. The van der Waals surface area contributed by atoms with E-state index in [0.717, 1.165) is 61.1 Å². The van der Waals surface area contributed by atoms with E-state index in [4.69, 9.17) is 15.0 Å². The Labute approximate surface area is 238 Å². The highest BCUT2D eigenvalue weighted by Crippen LogP contribution is 2.42. The van der Waals surface area contributed by atoms with Gasteiger partial charge in [-0.05, 0) is 54.6 Å². The molecule has 6 aromatic heterocycles. The summed E-state index contributed by atoms with van der Waals surface area (Å²) >= 11 is 0. The number of aromatic nitrogens is 6. The first-order chi connectivity index (χ1) is 20.8. The second-order valence-electron chi connectivity index (χ2n) is 10.8. The maximum atomic E-state index is 5.14. The molecular weight excluding hydrogens is 516 g/mol. The number of hydrogen-bond acceptors (Lipinski definition) is 4. The fraction of sp³-hybridized carbons (Fsp3) is 0. The molecule has 4 aromatic carbocycles. The van der Waals surface area contributed by atoms with Crippen molar-refractivity contribution in [1.29, 1.82) is 0 Å². The minimum atomic E-state index is 0.888. The van der Waals surface area contributed by atoms with Gasteiger partial charge in [0.05, 0.1) is 50.7 Å². The summed E-state index contributed by atoms with van der Waals surface area (Å²) in [6.45, 7) is 0. The van der Waals surface area contributed by atoms with E-state index in [1.807, 2.05) is 48.8 Å². The van der Waals surface area contributed by atoms with Crippen LogP contribution in [-0.4, -0.2) is 28.9 Å². The Kier molecular flexibility index (Phi) is 4.10. The van der Waals surface area contributed by atoms with Crippen molar-refractivity contribution in [2.45, 2.75) is 0 Å². The van der Waals surface area contributed by atoms with Gasteiger partial charge in [-0.1, -0.05) is 48.5 Å². The topological polar surface area (TPSA) is 60.9 Å². The molecule has 0 saturated heterocycles. The molecule has 0 radical (unpaired) electrons. The third-order valence-electron chi connectivity index (χ3n) is 8.56. The fourth-order valence-electron chi connectivity index (χ4n) is 6.75. The summed E-state index contributed by atoms with van der Waals surface area (Å²) < 4.78 is 4.62. The van der Waals surface area contributed by atoms with E-state index in [0.29, 0.717) is 0 Å². The van der Waals surface area contributed by atoms with Crippen molar-refractivity contribution in [2.75, 3.05) is 0 Å². The minimum absolute atomic E-state index is 0.888. The third-order valence-corrected chi connectivity index (χ3v) is 8.56. The van der Waals surface area contributed by atoms with Gasteiger partial charge in [0.15, 0.2) is 5.65 Å². The lowest BCUT2D eigenvalue weighted by molar-refractivity contribution is 1.14. The molecule has 0 saturated carbocycles. The maximum Gasteiger partial charge on any atom is 0.165 e. The second-order valence-corrected chi connectivity index (χ2v) is 10.8. The van der Waals surface area contributed by atoms with Gasteiger partial charge >= 0.3 is 0 Å². The van der Waals surface area contributed by atoms with Crippen LogP contribution in [0.5, 0.6) is 0 Å². The predicted octanol–water partition coefficient (Wildman–Crippen LogP) is 8.33. The van der Waals surface area contributed by atoms with E-state index in [-0.39, 0.29) is 0 Å². The molecule has 0 aliphatic rings. The quantitative estimate of drug-likeness (QED) is 0.223. The standard InChI is InChI=1S/C36H20N6/c1-4-13-31-23(8-1)26-17-27-24-9-5-10-25-34-36(40-30-12-3-2-11-29(30)39-34)42(35(24)25)33(27)18-32(26)41(31)22-14-15-28(38-20-22)21-7-6-16-37-19-21/h1-20H. The Morgan fingerprint density at radius 2 is 1.36 bits per heavy atom. The molecule has 0 atom stereocenters. The highest BCUT2D eigenvalue weighted by atomic mass is 15.0. The molecule has 0 N–H and O–H groups in total. The van der Waals surface area contributed by atoms with E-state index in [1.54, 1.807) is 6.20 Å². The van der Waals surface area contributed by atoms with Gasteiger partial charge in [0.2, 0.25) is 0 Å². The van der Waals surface area contributed by atoms with Crippen LogP contribution in [0.15, 0.2) is 122 Å². The van der Waals surface area contributed by atoms with E-state index < -0.39 is 0 Å². The molecule has 10 aromatic rings. The van der Waals surface area contributed by atoms with E-state index >= 15 is 0 Å². The third kappa shape index (κ3) is 2.78. The number of benzene rings is 4. The molecule has 6 heteroatoms. The van der Waals surface area contributed by atoms with Gasteiger partial charge in [-0.15, -0.1) is 0 Å². The van der Waals surface area contributed by atoms with Gasteiger partial charge in [0.25, 0.3) is 0 Å². The molecule has 10 rings (SSSR count). The number of para-hydroxylation sites is 4. The van der Waals surface area contributed by atoms with Gasteiger partial charge < -0.3 is 4.57 Å². The lowest BCUT2D eigenvalue weighted by Crippen LogP contribution is -1.96. The largest absolute Gasteiger partial charge is 0.308 e. The Morgan fingerprint density at radius 1 is 0.548 bits per heavy atom. The van der Waals surface area contributed by atoms with E-state index in [2.05, 4.69) is 80.7 Å². The van der Waals surface area contributed by atoms with Gasteiger partial charge in [-0.25, -0.2) is 9.97 Å². The summed E-state index contributed by atoms with van der Waals surface area (Å²) in [5.74, 6) is 0. The van der Waals surface area contributed by atoms with Crippen molar-refractivity contribution in [1.82, 2.24) is 28.9 Å². The zero-order chi connectivity index (χ0) is 27.4. The number of rotatable bonds is 2. The van der Waals surface area contributed by atoms with Crippen molar-refractivity contribution < 1.29 is 0 Å². The summed E-state index contributed by atoms with van der Waals surface area (Å²) in [6.07, 6.45) is 5.58. The zero-order valence-electron chi connectivity index (χ0n) is 22.2. The molecule has 0 spiro atoms. The first-order valence-corrected chi connectivity index (χ1v) is 14.0. The normalized spacial score (nSPS) is 12.3. The SMILES string of the molecule is c1cncc(-c2ccc(-n3c4ccccc4c4cc5c6cccc7c8nc9ccccc9nc8n(c5cc43)c67)cn2)c1. The molecule has 0 bridgehead atoms. The smallest absolute Gasteiger partial charge is 0.165 e. The molecule has 0 aliphatic carbocycles. The number of hydrogen-bond donors (Lipinski definition) is 0. The van der Waals surface area contributed by atoms with Crippen LogP contribution in [-0.2, 0) is 0 Å². The van der Waals surface area contributed by atoms with E-state index in [9.17, 15) is 0 Å². The molecule has 6 heterocycles.